The molecule has 2 aromatic rings. The monoisotopic (exact) mass is 364 g/mol. The van der Waals surface area contributed by atoms with Crippen molar-refractivity contribution in [1.29, 1.82) is 0 Å². The summed E-state index contributed by atoms with van der Waals surface area (Å²) in [5, 5.41) is 2.69. The Morgan fingerprint density at radius 2 is 1.48 bits per heavy atom. The number of sulfonamides is 1. The maximum Gasteiger partial charge on any atom is 0.225 e. The summed E-state index contributed by atoms with van der Waals surface area (Å²) in [5.41, 5.74) is 0.603. The van der Waals surface area contributed by atoms with Crippen molar-refractivity contribution in [3.63, 3.8) is 0 Å². The average Bonchev–Trinajstić information content (AvgIpc) is 2.56. The first-order chi connectivity index (χ1) is 11.9. The van der Waals surface area contributed by atoms with Gasteiger partial charge in [-0.2, -0.15) is 0 Å². The normalized spacial score (nSPS) is 11.0. The smallest absolute Gasteiger partial charge is 0.225 e. The fourth-order valence-electron chi connectivity index (χ4n) is 1.96. The lowest BCUT2D eigenvalue weighted by Gasteiger charge is -2.09. The highest BCUT2D eigenvalue weighted by molar-refractivity contribution is 7.88. The van der Waals surface area contributed by atoms with Crippen LogP contribution in [-0.4, -0.2) is 34.2 Å². The lowest BCUT2D eigenvalue weighted by molar-refractivity contribution is -0.116. The molecular weight excluding hydrogens is 344 g/mol. The molecule has 0 aliphatic rings. The summed E-state index contributed by atoms with van der Waals surface area (Å²) in [4.78, 5) is 11.7. The highest BCUT2D eigenvalue weighted by Gasteiger charge is 2.06. The Labute approximate surface area is 147 Å². The van der Waals surface area contributed by atoms with E-state index in [0.717, 1.165) is 12.0 Å². The molecule has 2 aromatic carbocycles. The quantitative estimate of drug-likeness (QED) is 0.750. The van der Waals surface area contributed by atoms with Gasteiger partial charge in [0.05, 0.1) is 13.4 Å². The SMILES string of the molecule is COc1ccc(Oc2ccc(NC(=O)CCNS(C)(=O)=O)cc2)cc1. The van der Waals surface area contributed by atoms with Crippen LogP contribution in [0.15, 0.2) is 48.5 Å². The summed E-state index contributed by atoms with van der Waals surface area (Å²) in [5.74, 6) is 1.77. The van der Waals surface area contributed by atoms with E-state index in [2.05, 4.69) is 10.0 Å². The molecule has 0 saturated heterocycles. The van der Waals surface area contributed by atoms with E-state index in [0.29, 0.717) is 17.2 Å². The molecule has 0 aliphatic carbocycles. The first-order valence-electron chi connectivity index (χ1n) is 7.52. The van der Waals surface area contributed by atoms with Gasteiger partial charge < -0.3 is 14.8 Å². The van der Waals surface area contributed by atoms with Gasteiger partial charge in [0.25, 0.3) is 0 Å². The first-order valence-corrected chi connectivity index (χ1v) is 9.41. The Balaban J connectivity index is 1.85. The third-order valence-electron chi connectivity index (χ3n) is 3.15. The zero-order valence-corrected chi connectivity index (χ0v) is 14.8. The van der Waals surface area contributed by atoms with Crippen molar-refractivity contribution in [2.45, 2.75) is 6.42 Å². The number of amides is 1. The number of anilines is 1. The molecule has 0 heterocycles. The highest BCUT2D eigenvalue weighted by Crippen LogP contribution is 2.24. The Morgan fingerprint density at radius 1 is 0.960 bits per heavy atom. The van der Waals surface area contributed by atoms with Crippen molar-refractivity contribution < 1.29 is 22.7 Å². The van der Waals surface area contributed by atoms with E-state index in [1.165, 1.54) is 0 Å². The number of rotatable bonds is 8. The van der Waals surface area contributed by atoms with Gasteiger partial charge in [0, 0.05) is 18.7 Å². The molecule has 0 atom stereocenters. The van der Waals surface area contributed by atoms with Crippen LogP contribution in [0.1, 0.15) is 6.42 Å². The zero-order valence-electron chi connectivity index (χ0n) is 14.0. The second kappa shape index (κ2) is 8.50. The van der Waals surface area contributed by atoms with Crippen LogP contribution in [0.4, 0.5) is 5.69 Å². The van der Waals surface area contributed by atoms with Crippen LogP contribution in [0.5, 0.6) is 17.2 Å². The molecule has 1 amide bonds. The van der Waals surface area contributed by atoms with Crippen LogP contribution in [0.25, 0.3) is 0 Å². The van der Waals surface area contributed by atoms with Crippen molar-refractivity contribution in [3.05, 3.63) is 48.5 Å². The first kappa shape index (κ1) is 18.8. The van der Waals surface area contributed by atoms with E-state index in [9.17, 15) is 13.2 Å². The Kier molecular flexibility index (Phi) is 6.37. The molecule has 2 N–H and O–H groups in total. The van der Waals surface area contributed by atoms with Crippen molar-refractivity contribution >= 4 is 21.6 Å². The van der Waals surface area contributed by atoms with Crippen LogP contribution < -0.4 is 19.5 Å². The van der Waals surface area contributed by atoms with Crippen LogP contribution in [0.2, 0.25) is 0 Å². The Bertz CT molecular complexity index is 802. The largest absolute Gasteiger partial charge is 0.497 e. The molecule has 0 unspecified atom stereocenters. The number of hydrogen-bond donors (Lipinski definition) is 2. The molecule has 25 heavy (non-hydrogen) atoms. The molecular formula is C17H20N2O5S. The molecule has 2 rings (SSSR count). The fraction of sp³-hybridized carbons (Fsp3) is 0.235. The van der Waals surface area contributed by atoms with Crippen LogP contribution in [0, 0.1) is 0 Å². The van der Waals surface area contributed by atoms with Crippen molar-refractivity contribution in [2.75, 3.05) is 25.2 Å². The number of nitrogens with one attached hydrogen (secondary N) is 2. The molecule has 134 valence electrons. The number of methoxy groups -OCH3 is 1. The van der Waals surface area contributed by atoms with Gasteiger partial charge in [0.2, 0.25) is 15.9 Å². The summed E-state index contributed by atoms with van der Waals surface area (Å²) in [6.07, 6.45) is 1.10. The molecule has 0 fully saturated rings. The minimum Gasteiger partial charge on any atom is -0.497 e. The van der Waals surface area contributed by atoms with Crippen molar-refractivity contribution in [3.8, 4) is 17.2 Å². The minimum absolute atomic E-state index is 0.0527. The van der Waals surface area contributed by atoms with Gasteiger partial charge in [-0.3, -0.25) is 4.79 Å². The summed E-state index contributed by atoms with van der Waals surface area (Å²) in [6, 6.07) is 14.1. The van der Waals surface area contributed by atoms with Gasteiger partial charge in [-0.1, -0.05) is 0 Å². The summed E-state index contributed by atoms with van der Waals surface area (Å²) < 4.78 is 34.9. The third kappa shape index (κ3) is 6.82. The predicted molar refractivity (Wildman–Crippen MR) is 95.6 cm³/mol. The fourth-order valence-corrected chi connectivity index (χ4v) is 2.43. The van der Waals surface area contributed by atoms with E-state index in [1.54, 1.807) is 55.6 Å². The van der Waals surface area contributed by atoms with E-state index < -0.39 is 10.0 Å². The summed E-state index contributed by atoms with van der Waals surface area (Å²) in [7, 11) is -1.69. The molecule has 7 nitrogen and oxygen atoms in total. The second-order valence-corrected chi connectivity index (χ2v) is 7.10. The van der Waals surface area contributed by atoms with Crippen LogP contribution in [0.3, 0.4) is 0 Å². The van der Waals surface area contributed by atoms with E-state index in [1.807, 2.05) is 0 Å². The zero-order chi connectivity index (χ0) is 18.3. The van der Waals surface area contributed by atoms with Crippen LogP contribution in [-0.2, 0) is 14.8 Å². The van der Waals surface area contributed by atoms with Gasteiger partial charge in [0.1, 0.15) is 17.2 Å². The molecule has 0 aliphatic heterocycles. The van der Waals surface area contributed by atoms with Gasteiger partial charge in [-0.25, -0.2) is 13.1 Å². The maximum absolute atomic E-state index is 11.7. The predicted octanol–water partition coefficient (Wildman–Crippen LogP) is 2.37. The number of benzene rings is 2. The van der Waals surface area contributed by atoms with Gasteiger partial charge in [-0.15, -0.1) is 0 Å². The number of carbonyl (C=O) groups is 1. The van der Waals surface area contributed by atoms with Gasteiger partial charge >= 0.3 is 0 Å². The highest BCUT2D eigenvalue weighted by atomic mass is 32.2. The number of ether oxygens (including phenoxy) is 2. The van der Waals surface area contributed by atoms with E-state index in [-0.39, 0.29) is 18.9 Å². The average molecular weight is 364 g/mol. The standard InChI is InChI=1S/C17H20N2O5S/c1-23-14-7-9-16(10-8-14)24-15-5-3-13(4-6-15)19-17(20)11-12-18-25(2,21)22/h3-10,18H,11-12H2,1-2H3,(H,19,20). The van der Waals surface area contributed by atoms with E-state index >= 15 is 0 Å². The lowest BCUT2D eigenvalue weighted by Crippen LogP contribution is -2.26. The Hall–Kier alpha value is -2.58. The van der Waals surface area contributed by atoms with Crippen LogP contribution >= 0.6 is 0 Å². The second-order valence-electron chi connectivity index (χ2n) is 5.27. The third-order valence-corrected chi connectivity index (χ3v) is 3.88. The van der Waals surface area contributed by atoms with Gasteiger partial charge in [-0.05, 0) is 48.5 Å². The summed E-state index contributed by atoms with van der Waals surface area (Å²) >= 11 is 0. The number of hydrogen-bond acceptors (Lipinski definition) is 5. The molecule has 8 heteroatoms. The molecule has 0 radical (unpaired) electrons. The van der Waals surface area contributed by atoms with E-state index in [4.69, 9.17) is 9.47 Å². The topological polar surface area (TPSA) is 93.7 Å². The molecule has 0 aromatic heterocycles. The lowest BCUT2D eigenvalue weighted by atomic mass is 10.3. The van der Waals surface area contributed by atoms with Crippen molar-refractivity contribution in [1.82, 2.24) is 4.72 Å². The van der Waals surface area contributed by atoms with Gasteiger partial charge in [0.15, 0.2) is 0 Å². The summed E-state index contributed by atoms with van der Waals surface area (Å²) in [6.45, 7) is 0.0589. The molecule has 0 saturated carbocycles. The number of carbonyl (C=O) groups excluding carboxylic acids is 1. The minimum atomic E-state index is -3.29. The Morgan fingerprint density at radius 3 is 2.00 bits per heavy atom. The van der Waals surface area contributed by atoms with Crippen molar-refractivity contribution in [2.24, 2.45) is 0 Å². The molecule has 0 bridgehead atoms. The molecule has 0 spiro atoms. The maximum atomic E-state index is 11.7.